The second-order valence-electron chi connectivity index (χ2n) is 4.46. The van der Waals surface area contributed by atoms with Gasteiger partial charge in [-0.3, -0.25) is 4.72 Å². The van der Waals surface area contributed by atoms with Crippen molar-refractivity contribution in [3.63, 3.8) is 0 Å². The van der Waals surface area contributed by atoms with Gasteiger partial charge in [-0.05, 0) is 13.8 Å². The molecular weight excluding hydrogens is 270 g/mol. The van der Waals surface area contributed by atoms with Gasteiger partial charge in [-0.2, -0.15) is 13.1 Å². The highest BCUT2D eigenvalue weighted by atomic mass is 32.2. The van der Waals surface area contributed by atoms with Gasteiger partial charge in [0.25, 0.3) is 10.2 Å². The first-order valence-electron chi connectivity index (χ1n) is 5.86. The lowest BCUT2D eigenvalue weighted by Crippen LogP contribution is -2.35. The molecule has 8 heteroatoms. The zero-order chi connectivity index (χ0) is 14.0. The van der Waals surface area contributed by atoms with Crippen molar-refractivity contribution < 1.29 is 17.9 Å². The third-order valence-electron chi connectivity index (χ3n) is 2.35. The SMILES string of the molecule is CC(C)NS(=O)(=O)Nc1cc2c(cc1N)OCCO2. The number of nitrogens with one attached hydrogen (secondary N) is 2. The standard InChI is InChI=1S/C11H17N3O4S/c1-7(2)13-19(15,16)14-9-6-11-10(5-8(9)12)17-3-4-18-11/h5-7,13-14H,3-4,12H2,1-2H3. The Balaban J connectivity index is 2.26. The summed E-state index contributed by atoms with van der Waals surface area (Å²) in [5, 5.41) is 0. The molecule has 1 heterocycles. The van der Waals surface area contributed by atoms with Crippen molar-refractivity contribution in [1.29, 1.82) is 0 Å². The molecule has 0 spiro atoms. The number of nitrogens with two attached hydrogens (primary N) is 1. The number of rotatable bonds is 4. The average Bonchev–Trinajstić information content (AvgIpc) is 2.27. The molecule has 0 aliphatic carbocycles. The number of hydrogen-bond acceptors (Lipinski definition) is 5. The minimum atomic E-state index is -3.66. The molecule has 2 rings (SSSR count). The number of nitrogen functional groups attached to an aromatic ring is 1. The van der Waals surface area contributed by atoms with E-state index >= 15 is 0 Å². The summed E-state index contributed by atoms with van der Waals surface area (Å²) >= 11 is 0. The van der Waals surface area contributed by atoms with Crippen LogP contribution in [0.1, 0.15) is 13.8 Å². The van der Waals surface area contributed by atoms with E-state index in [0.717, 1.165) is 0 Å². The van der Waals surface area contributed by atoms with Gasteiger partial charge in [0, 0.05) is 18.2 Å². The summed E-state index contributed by atoms with van der Waals surface area (Å²) in [4.78, 5) is 0. The molecule has 0 fully saturated rings. The van der Waals surface area contributed by atoms with Crippen LogP contribution in [0.15, 0.2) is 12.1 Å². The number of benzene rings is 1. The Labute approximate surface area is 112 Å². The van der Waals surface area contributed by atoms with E-state index in [1.807, 2.05) is 0 Å². The molecule has 1 aliphatic heterocycles. The molecule has 0 bridgehead atoms. The average molecular weight is 287 g/mol. The van der Waals surface area contributed by atoms with Crippen LogP contribution in [0.3, 0.4) is 0 Å². The van der Waals surface area contributed by atoms with Crippen LogP contribution in [0.25, 0.3) is 0 Å². The van der Waals surface area contributed by atoms with E-state index in [4.69, 9.17) is 15.2 Å². The molecule has 7 nitrogen and oxygen atoms in total. The fourth-order valence-corrected chi connectivity index (χ4v) is 2.82. The number of hydrogen-bond donors (Lipinski definition) is 3. The molecule has 0 saturated carbocycles. The van der Waals surface area contributed by atoms with E-state index < -0.39 is 10.2 Å². The number of ether oxygens (including phenoxy) is 2. The zero-order valence-electron chi connectivity index (χ0n) is 10.8. The van der Waals surface area contributed by atoms with Crippen LogP contribution in [0.2, 0.25) is 0 Å². The quantitative estimate of drug-likeness (QED) is 0.707. The molecule has 0 amide bonds. The van der Waals surface area contributed by atoms with E-state index in [2.05, 4.69) is 9.44 Å². The summed E-state index contributed by atoms with van der Waals surface area (Å²) in [6, 6.07) is 2.85. The Hall–Kier alpha value is -1.67. The summed E-state index contributed by atoms with van der Waals surface area (Å²) in [6.45, 7) is 4.33. The van der Waals surface area contributed by atoms with E-state index in [9.17, 15) is 8.42 Å². The van der Waals surface area contributed by atoms with Crippen molar-refractivity contribution in [2.24, 2.45) is 0 Å². The predicted molar refractivity (Wildman–Crippen MR) is 72.7 cm³/mol. The molecule has 0 radical (unpaired) electrons. The van der Waals surface area contributed by atoms with Gasteiger partial charge >= 0.3 is 0 Å². The van der Waals surface area contributed by atoms with Gasteiger partial charge in [-0.25, -0.2) is 0 Å². The van der Waals surface area contributed by atoms with Crippen molar-refractivity contribution in [2.75, 3.05) is 23.7 Å². The molecule has 1 aromatic rings. The molecule has 0 atom stereocenters. The fraction of sp³-hybridized carbons (Fsp3) is 0.455. The van der Waals surface area contributed by atoms with Crippen molar-refractivity contribution in [1.82, 2.24) is 4.72 Å². The van der Waals surface area contributed by atoms with Crippen LogP contribution >= 0.6 is 0 Å². The first-order chi connectivity index (χ1) is 8.87. The van der Waals surface area contributed by atoms with Gasteiger partial charge in [0.15, 0.2) is 11.5 Å². The van der Waals surface area contributed by atoms with Crippen LogP contribution in [-0.2, 0) is 10.2 Å². The molecule has 106 valence electrons. The zero-order valence-corrected chi connectivity index (χ0v) is 11.6. The van der Waals surface area contributed by atoms with Crippen LogP contribution in [0.5, 0.6) is 11.5 Å². The highest BCUT2D eigenvalue weighted by Crippen LogP contribution is 2.37. The Morgan fingerprint density at radius 1 is 1.21 bits per heavy atom. The van der Waals surface area contributed by atoms with Crippen molar-refractivity contribution >= 4 is 21.6 Å². The Kier molecular flexibility index (Phi) is 3.72. The maximum Gasteiger partial charge on any atom is 0.299 e. The minimum absolute atomic E-state index is 0.212. The Morgan fingerprint density at radius 3 is 2.37 bits per heavy atom. The molecule has 0 unspecified atom stereocenters. The second-order valence-corrected chi connectivity index (χ2v) is 5.91. The van der Waals surface area contributed by atoms with Gasteiger partial charge in [0.05, 0.1) is 11.4 Å². The molecule has 0 aromatic heterocycles. The van der Waals surface area contributed by atoms with Gasteiger partial charge in [0.1, 0.15) is 13.2 Å². The summed E-state index contributed by atoms with van der Waals surface area (Å²) < 4.78 is 39.1. The highest BCUT2D eigenvalue weighted by molar-refractivity contribution is 7.90. The molecule has 4 N–H and O–H groups in total. The minimum Gasteiger partial charge on any atom is -0.486 e. The fourth-order valence-electron chi connectivity index (χ4n) is 1.68. The molecule has 1 aromatic carbocycles. The molecule has 19 heavy (non-hydrogen) atoms. The van der Waals surface area contributed by atoms with E-state index in [-0.39, 0.29) is 17.4 Å². The van der Waals surface area contributed by atoms with E-state index in [0.29, 0.717) is 24.7 Å². The van der Waals surface area contributed by atoms with E-state index in [1.165, 1.54) is 6.07 Å². The molecule has 1 aliphatic rings. The largest absolute Gasteiger partial charge is 0.486 e. The van der Waals surface area contributed by atoms with Crippen LogP contribution in [-0.4, -0.2) is 27.7 Å². The Morgan fingerprint density at radius 2 is 1.79 bits per heavy atom. The van der Waals surface area contributed by atoms with Crippen molar-refractivity contribution in [2.45, 2.75) is 19.9 Å². The van der Waals surface area contributed by atoms with Crippen LogP contribution < -0.4 is 24.7 Å². The van der Waals surface area contributed by atoms with E-state index in [1.54, 1.807) is 19.9 Å². The number of anilines is 2. The first kappa shape index (κ1) is 13.8. The van der Waals surface area contributed by atoms with Crippen LogP contribution in [0.4, 0.5) is 11.4 Å². The van der Waals surface area contributed by atoms with Gasteiger partial charge in [-0.1, -0.05) is 0 Å². The lowest BCUT2D eigenvalue weighted by molar-refractivity contribution is 0.172. The summed E-state index contributed by atoms with van der Waals surface area (Å²) in [6.07, 6.45) is 0. The normalized spacial score (nSPS) is 14.5. The molecular formula is C11H17N3O4S. The van der Waals surface area contributed by atoms with Gasteiger partial charge < -0.3 is 15.2 Å². The summed E-state index contributed by atoms with van der Waals surface area (Å²) in [7, 11) is -3.66. The maximum absolute atomic E-state index is 11.8. The first-order valence-corrected chi connectivity index (χ1v) is 7.35. The Bertz CT molecular complexity index is 572. The molecule has 0 saturated heterocycles. The van der Waals surface area contributed by atoms with Gasteiger partial charge in [0.2, 0.25) is 0 Å². The van der Waals surface area contributed by atoms with Gasteiger partial charge in [-0.15, -0.1) is 0 Å². The monoisotopic (exact) mass is 287 g/mol. The van der Waals surface area contributed by atoms with Crippen molar-refractivity contribution in [3.8, 4) is 11.5 Å². The third kappa shape index (κ3) is 3.42. The lowest BCUT2D eigenvalue weighted by Gasteiger charge is -2.20. The van der Waals surface area contributed by atoms with Crippen LogP contribution in [0, 0.1) is 0 Å². The maximum atomic E-state index is 11.8. The van der Waals surface area contributed by atoms with Crippen molar-refractivity contribution in [3.05, 3.63) is 12.1 Å². The second kappa shape index (κ2) is 5.14. The summed E-state index contributed by atoms with van der Waals surface area (Å²) in [5.74, 6) is 0.992. The number of fused-ring (bicyclic) bond motifs is 1. The smallest absolute Gasteiger partial charge is 0.299 e. The third-order valence-corrected chi connectivity index (χ3v) is 3.62. The highest BCUT2D eigenvalue weighted by Gasteiger charge is 2.18. The topological polar surface area (TPSA) is 103 Å². The predicted octanol–water partition coefficient (Wildman–Crippen LogP) is 0.695. The summed E-state index contributed by atoms with van der Waals surface area (Å²) in [5.41, 5.74) is 6.33. The lowest BCUT2D eigenvalue weighted by atomic mass is 10.2.